The van der Waals surface area contributed by atoms with Crippen LogP contribution in [-0.4, -0.2) is 11.8 Å². The lowest BCUT2D eigenvalue weighted by Gasteiger charge is -2.61. The van der Waals surface area contributed by atoms with Gasteiger partial charge in [-0.15, -0.1) is 0 Å². The number of benzene rings is 1. The van der Waals surface area contributed by atoms with Gasteiger partial charge in [0.15, 0.2) is 0 Å². The van der Waals surface area contributed by atoms with Gasteiger partial charge in [-0.1, -0.05) is 29.8 Å². The molecule has 2 amide bonds. The van der Waals surface area contributed by atoms with Crippen molar-refractivity contribution < 1.29 is 9.59 Å². The Morgan fingerprint density at radius 3 is 2.21 bits per heavy atom. The Morgan fingerprint density at radius 1 is 1.00 bits per heavy atom. The van der Waals surface area contributed by atoms with Crippen LogP contribution in [0.25, 0.3) is 0 Å². The average Bonchev–Trinajstić information content (AvgIpc) is 2.51. The Labute approximate surface area is 143 Å². The minimum absolute atomic E-state index is 0.0169. The minimum atomic E-state index is -0.308. The third-order valence-corrected chi connectivity index (χ3v) is 6.56. The summed E-state index contributed by atoms with van der Waals surface area (Å²) in [5, 5.41) is 0. The van der Waals surface area contributed by atoms with Crippen molar-refractivity contribution in [2.24, 2.45) is 17.3 Å². The fourth-order valence-electron chi connectivity index (χ4n) is 6.05. The molecule has 4 heteroatoms. The number of hydrogen-bond donors (Lipinski definition) is 2. The molecule has 4 fully saturated rings. The molecule has 2 unspecified atom stereocenters. The molecule has 1 aromatic carbocycles. The van der Waals surface area contributed by atoms with Gasteiger partial charge in [0.2, 0.25) is 11.8 Å². The van der Waals surface area contributed by atoms with Crippen LogP contribution in [-0.2, 0) is 15.0 Å². The maximum absolute atomic E-state index is 12.9. The molecule has 4 aliphatic rings. The molecular formula is C20H26N2O2. The summed E-state index contributed by atoms with van der Waals surface area (Å²) in [6, 6.07) is 8.92. The van der Waals surface area contributed by atoms with E-state index in [4.69, 9.17) is 0 Å². The van der Waals surface area contributed by atoms with E-state index in [1.807, 2.05) is 0 Å². The first kappa shape index (κ1) is 15.7. The van der Waals surface area contributed by atoms with E-state index in [9.17, 15) is 9.59 Å². The fourth-order valence-corrected chi connectivity index (χ4v) is 6.05. The minimum Gasteiger partial charge on any atom is -0.274 e. The zero-order valence-corrected chi connectivity index (χ0v) is 14.5. The first-order valence-electron chi connectivity index (χ1n) is 9.05. The molecule has 4 aliphatic carbocycles. The SMILES string of the molecule is CC(=O)NNC(=O)C12CC3CC(C1)CC(c1ccc(C)cc1)(C3)C2. The lowest BCUT2D eigenvalue weighted by Crippen LogP contribution is -2.60. The van der Waals surface area contributed by atoms with Crippen LogP contribution < -0.4 is 10.9 Å². The normalized spacial score (nSPS) is 36.4. The predicted octanol–water partition coefficient (Wildman–Crippen LogP) is 3.00. The number of amides is 2. The van der Waals surface area contributed by atoms with Crippen LogP contribution >= 0.6 is 0 Å². The zero-order chi connectivity index (χ0) is 16.9. The second-order valence-electron chi connectivity index (χ2n) is 8.52. The van der Waals surface area contributed by atoms with Crippen molar-refractivity contribution >= 4 is 11.8 Å². The first-order valence-corrected chi connectivity index (χ1v) is 9.05. The van der Waals surface area contributed by atoms with Gasteiger partial charge in [-0.2, -0.15) is 0 Å². The van der Waals surface area contributed by atoms with Crippen molar-refractivity contribution in [3.63, 3.8) is 0 Å². The number of hydrogen-bond acceptors (Lipinski definition) is 2. The van der Waals surface area contributed by atoms with E-state index >= 15 is 0 Å². The van der Waals surface area contributed by atoms with Gasteiger partial charge >= 0.3 is 0 Å². The highest BCUT2D eigenvalue weighted by Gasteiger charge is 2.60. The van der Waals surface area contributed by atoms with E-state index in [1.54, 1.807) is 0 Å². The number of aryl methyl sites for hydroxylation is 1. The number of hydrazine groups is 1. The third kappa shape index (κ3) is 2.43. The molecule has 2 atom stereocenters. The molecule has 0 heterocycles. The topological polar surface area (TPSA) is 58.2 Å². The quantitative estimate of drug-likeness (QED) is 0.821. The standard InChI is InChI=1S/C20H26N2O2/c1-13-3-5-17(6-4-13)19-8-15-7-16(9-19)11-20(10-15,12-19)18(24)22-21-14(2)23/h3-6,15-16H,7-12H2,1-2H3,(H,21,23)(H,22,24). The molecule has 0 spiro atoms. The van der Waals surface area contributed by atoms with Crippen molar-refractivity contribution in [1.82, 2.24) is 10.9 Å². The summed E-state index contributed by atoms with van der Waals surface area (Å²) in [6.07, 6.45) is 6.55. The lowest BCUT2D eigenvalue weighted by atomic mass is 9.42. The van der Waals surface area contributed by atoms with Crippen LogP contribution in [0.1, 0.15) is 56.6 Å². The van der Waals surface area contributed by atoms with Crippen molar-refractivity contribution in [2.45, 2.75) is 57.8 Å². The van der Waals surface area contributed by atoms with Crippen LogP contribution in [0.15, 0.2) is 24.3 Å². The summed E-state index contributed by atoms with van der Waals surface area (Å²) in [5.41, 5.74) is 7.69. The van der Waals surface area contributed by atoms with Gasteiger partial charge in [-0.3, -0.25) is 20.4 Å². The van der Waals surface area contributed by atoms with Crippen LogP contribution in [0.2, 0.25) is 0 Å². The second kappa shape index (κ2) is 5.33. The molecule has 4 nitrogen and oxygen atoms in total. The highest BCUT2D eigenvalue weighted by molar-refractivity contribution is 5.86. The number of rotatable bonds is 2. The van der Waals surface area contributed by atoms with E-state index in [1.165, 1.54) is 37.3 Å². The summed E-state index contributed by atoms with van der Waals surface area (Å²) < 4.78 is 0. The molecule has 0 aliphatic heterocycles. The molecule has 2 N–H and O–H groups in total. The molecule has 0 saturated heterocycles. The maximum atomic E-state index is 12.9. The summed E-state index contributed by atoms with van der Waals surface area (Å²) in [6.45, 7) is 3.54. The monoisotopic (exact) mass is 326 g/mol. The Hall–Kier alpha value is -1.84. The molecule has 4 bridgehead atoms. The largest absolute Gasteiger partial charge is 0.274 e. The first-order chi connectivity index (χ1) is 11.4. The predicted molar refractivity (Wildman–Crippen MR) is 91.9 cm³/mol. The van der Waals surface area contributed by atoms with E-state index in [0.29, 0.717) is 11.8 Å². The van der Waals surface area contributed by atoms with Crippen LogP contribution in [0.3, 0.4) is 0 Å². The van der Waals surface area contributed by atoms with Crippen LogP contribution in [0.5, 0.6) is 0 Å². The number of carbonyl (C=O) groups excluding carboxylic acids is 2. The number of carbonyl (C=O) groups is 2. The Morgan fingerprint density at radius 2 is 1.62 bits per heavy atom. The Bertz CT molecular complexity index is 665. The van der Waals surface area contributed by atoms with Gasteiger partial charge in [-0.25, -0.2) is 0 Å². The lowest BCUT2D eigenvalue weighted by molar-refractivity contribution is -0.151. The molecule has 24 heavy (non-hydrogen) atoms. The summed E-state index contributed by atoms with van der Waals surface area (Å²) in [4.78, 5) is 24.1. The van der Waals surface area contributed by atoms with Gasteiger partial charge in [0, 0.05) is 6.92 Å². The van der Waals surface area contributed by atoms with Gasteiger partial charge in [0.1, 0.15) is 0 Å². The second-order valence-corrected chi connectivity index (χ2v) is 8.52. The average molecular weight is 326 g/mol. The Kier molecular flexibility index (Phi) is 3.48. The van der Waals surface area contributed by atoms with Gasteiger partial charge in [0.25, 0.3) is 0 Å². The molecule has 4 saturated carbocycles. The van der Waals surface area contributed by atoms with Gasteiger partial charge in [0.05, 0.1) is 5.41 Å². The summed E-state index contributed by atoms with van der Waals surface area (Å²) in [5.74, 6) is 1.07. The summed E-state index contributed by atoms with van der Waals surface area (Å²) >= 11 is 0. The van der Waals surface area contributed by atoms with Crippen molar-refractivity contribution in [2.75, 3.05) is 0 Å². The summed E-state index contributed by atoms with van der Waals surface area (Å²) in [7, 11) is 0. The maximum Gasteiger partial charge on any atom is 0.244 e. The molecule has 0 radical (unpaired) electrons. The van der Waals surface area contributed by atoms with Crippen LogP contribution in [0.4, 0.5) is 0 Å². The van der Waals surface area contributed by atoms with Gasteiger partial charge in [-0.05, 0) is 68.3 Å². The smallest absolute Gasteiger partial charge is 0.244 e. The number of nitrogens with one attached hydrogen (secondary N) is 2. The van der Waals surface area contributed by atoms with Crippen LogP contribution in [0, 0.1) is 24.2 Å². The van der Waals surface area contributed by atoms with E-state index in [-0.39, 0.29) is 22.6 Å². The van der Waals surface area contributed by atoms with Crippen molar-refractivity contribution in [1.29, 1.82) is 0 Å². The highest BCUT2D eigenvalue weighted by atomic mass is 16.2. The van der Waals surface area contributed by atoms with Crippen molar-refractivity contribution in [3.05, 3.63) is 35.4 Å². The zero-order valence-electron chi connectivity index (χ0n) is 14.5. The molecular weight excluding hydrogens is 300 g/mol. The van der Waals surface area contributed by atoms with E-state index in [2.05, 4.69) is 42.0 Å². The molecule has 1 aromatic rings. The Balaban J connectivity index is 1.65. The third-order valence-electron chi connectivity index (χ3n) is 6.56. The highest BCUT2D eigenvalue weighted by Crippen LogP contribution is 2.65. The van der Waals surface area contributed by atoms with E-state index in [0.717, 1.165) is 19.3 Å². The molecule has 0 aromatic heterocycles. The van der Waals surface area contributed by atoms with Gasteiger partial charge < -0.3 is 0 Å². The van der Waals surface area contributed by atoms with Crippen molar-refractivity contribution in [3.8, 4) is 0 Å². The van der Waals surface area contributed by atoms with E-state index < -0.39 is 0 Å². The molecule has 128 valence electrons. The fraction of sp³-hybridized carbons (Fsp3) is 0.600. The molecule has 5 rings (SSSR count).